The van der Waals surface area contributed by atoms with Crippen LogP contribution in [0.1, 0.15) is 60.4 Å². The van der Waals surface area contributed by atoms with Crippen LogP contribution in [0, 0.1) is 5.82 Å². The van der Waals surface area contributed by atoms with Crippen LogP contribution in [0.3, 0.4) is 0 Å². The van der Waals surface area contributed by atoms with Crippen LogP contribution in [0.25, 0.3) is 5.69 Å². The van der Waals surface area contributed by atoms with Crippen molar-refractivity contribution in [2.75, 3.05) is 7.11 Å². The molecule has 0 aliphatic heterocycles. The fourth-order valence-corrected chi connectivity index (χ4v) is 4.04. The monoisotopic (exact) mass is 492 g/mol. The Hall–Kier alpha value is -3.63. The summed E-state index contributed by atoms with van der Waals surface area (Å²) < 4.78 is 66.7. The predicted molar refractivity (Wildman–Crippen MR) is 118 cm³/mol. The van der Waals surface area contributed by atoms with E-state index in [9.17, 15) is 22.4 Å². The molecule has 0 spiro atoms. The molecule has 35 heavy (non-hydrogen) atoms. The van der Waals surface area contributed by atoms with Crippen molar-refractivity contribution in [2.24, 2.45) is 0 Å². The average Bonchev–Trinajstić information content (AvgIpc) is 3.50. The third-order valence-corrected chi connectivity index (χ3v) is 5.86. The summed E-state index contributed by atoms with van der Waals surface area (Å²) in [6, 6.07) is 8.66. The molecule has 4 rings (SSSR count). The van der Waals surface area contributed by atoms with Crippen molar-refractivity contribution >= 4 is 5.91 Å². The van der Waals surface area contributed by atoms with E-state index < -0.39 is 35.3 Å². The number of halogens is 4. The Balaban J connectivity index is 1.56. The van der Waals surface area contributed by atoms with Crippen LogP contribution in [0.2, 0.25) is 0 Å². The van der Waals surface area contributed by atoms with Crippen LogP contribution in [-0.4, -0.2) is 34.1 Å². The highest BCUT2D eigenvalue weighted by atomic mass is 19.4. The van der Waals surface area contributed by atoms with Crippen LogP contribution in [-0.2, 0) is 6.18 Å². The maximum atomic E-state index is 13.9. The Morgan fingerprint density at radius 2 is 1.80 bits per heavy atom. The number of nitrogens with zero attached hydrogens (tertiary/aromatic N) is 3. The molecule has 186 valence electrons. The van der Waals surface area contributed by atoms with Gasteiger partial charge < -0.3 is 14.8 Å². The lowest BCUT2D eigenvalue weighted by Crippen LogP contribution is -2.29. The number of rotatable bonds is 7. The smallest absolute Gasteiger partial charge is 0.435 e. The average molecular weight is 492 g/mol. The molecule has 0 saturated heterocycles. The summed E-state index contributed by atoms with van der Waals surface area (Å²) in [5.41, 5.74) is -1.72. The molecule has 1 aliphatic carbocycles. The Bertz CT molecular complexity index is 1190. The molecule has 1 atom stereocenters. The standard InChI is InChI=1S/C24H24F4N4O3/c1-14(15-7-12-19(20(13-15)34-2)35-18-5-3-4-6-18)29-23(33)21-22(24(26,27)28)32(31-30-21)17-10-8-16(25)9-11-17/h7-14,18H,3-6H2,1-2H3,(H,29,33). The van der Waals surface area contributed by atoms with Crippen molar-refractivity contribution in [3.63, 3.8) is 0 Å². The number of hydrogen-bond acceptors (Lipinski definition) is 5. The SMILES string of the molecule is COc1cc(C(C)NC(=O)c2nnn(-c3ccc(F)cc3)c2C(F)(F)F)ccc1OC1CCCC1. The number of alkyl halides is 3. The first kappa shape index (κ1) is 24.5. The van der Waals surface area contributed by atoms with Gasteiger partial charge in [-0.3, -0.25) is 4.79 Å². The molecule has 1 amide bonds. The minimum atomic E-state index is -4.93. The quantitative estimate of drug-likeness (QED) is 0.456. The molecule has 2 aromatic carbocycles. The van der Waals surface area contributed by atoms with Gasteiger partial charge in [0.05, 0.1) is 24.9 Å². The Kier molecular flexibility index (Phi) is 6.95. The number of benzene rings is 2. The van der Waals surface area contributed by atoms with Gasteiger partial charge in [0.1, 0.15) is 5.82 Å². The number of carbonyl (C=O) groups excluding carboxylic acids is 1. The van der Waals surface area contributed by atoms with Crippen molar-refractivity contribution in [1.82, 2.24) is 20.3 Å². The number of nitrogens with one attached hydrogen (secondary N) is 1. The molecule has 1 saturated carbocycles. The summed E-state index contributed by atoms with van der Waals surface area (Å²) in [6.45, 7) is 1.63. The van der Waals surface area contributed by atoms with Crippen LogP contribution >= 0.6 is 0 Å². The van der Waals surface area contributed by atoms with Gasteiger partial charge in [-0.25, -0.2) is 9.07 Å². The minimum Gasteiger partial charge on any atom is -0.493 e. The van der Waals surface area contributed by atoms with E-state index in [0.29, 0.717) is 21.7 Å². The Morgan fingerprint density at radius 3 is 2.43 bits per heavy atom. The van der Waals surface area contributed by atoms with E-state index in [2.05, 4.69) is 15.6 Å². The van der Waals surface area contributed by atoms with Crippen LogP contribution in [0.5, 0.6) is 11.5 Å². The molecule has 1 aromatic heterocycles. The third kappa shape index (κ3) is 5.39. The van der Waals surface area contributed by atoms with Gasteiger partial charge in [-0.1, -0.05) is 11.3 Å². The van der Waals surface area contributed by atoms with Gasteiger partial charge in [-0.2, -0.15) is 13.2 Å². The van der Waals surface area contributed by atoms with Crippen molar-refractivity contribution < 1.29 is 31.8 Å². The second kappa shape index (κ2) is 9.93. The van der Waals surface area contributed by atoms with Gasteiger partial charge in [0.15, 0.2) is 22.9 Å². The lowest BCUT2D eigenvalue weighted by molar-refractivity contribution is -0.143. The zero-order valence-corrected chi connectivity index (χ0v) is 19.1. The molecule has 3 aromatic rings. The molecule has 1 aliphatic rings. The zero-order chi connectivity index (χ0) is 25.2. The summed E-state index contributed by atoms with van der Waals surface area (Å²) in [4.78, 5) is 12.8. The highest BCUT2D eigenvalue weighted by molar-refractivity contribution is 5.93. The predicted octanol–water partition coefficient (Wildman–Crippen LogP) is 5.25. The molecule has 11 heteroatoms. The molecule has 0 radical (unpaired) electrons. The Labute approximate surface area is 199 Å². The van der Waals surface area contributed by atoms with Crippen LogP contribution in [0.15, 0.2) is 42.5 Å². The maximum Gasteiger partial charge on any atom is 0.435 e. The number of carbonyl (C=O) groups is 1. The van der Waals surface area contributed by atoms with Crippen LogP contribution in [0.4, 0.5) is 17.6 Å². The first-order chi connectivity index (χ1) is 16.7. The molecular weight excluding hydrogens is 468 g/mol. The van der Waals surface area contributed by atoms with Crippen molar-refractivity contribution in [1.29, 1.82) is 0 Å². The molecule has 1 fully saturated rings. The maximum absolute atomic E-state index is 13.9. The van der Waals surface area contributed by atoms with Crippen molar-refractivity contribution in [3.8, 4) is 17.2 Å². The summed E-state index contributed by atoms with van der Waals surface area (Å²) in [5.74, 6) is -0.634. The van der Waals surface area contributed by atoms with Gasteiger partial charge >= 0.3 is 6.18 Å². The largest absolute Gasteiger partial charge is 0.493 e. The van der Waals surface area contributed by atoms with E-state index >= 15 is 0 Å². The zero-order valence-electron chi connectivity index (χ0n) is 19.1. The first-order valence-electron chi connectivity index (χ1n) is 11.1. The second-order valence-corrected chi connectivity index (χ2v) is 8.30. The highest BCUT2D eigenvalue weighted by Crippen LogP contribution is 2.35. The third-order valence-electron chi connectivity index (χ3n) is 5.86. The second-order valence-electron chi connectivity index (χ2n) is 8.30. The first-order valence-corrected chi connectivity index (χ1v) is 11.1. The minimum absolute atomic E-state index is 0.0825. The summed E-state index contributed by atoms with van der Waals surface area (Å²) in [7, 11) is 1.49. The summed E-state index contributed by atoms with van der Waals surface area (Å²) in [5, 5.41) is 9.51. The van der Waals surface area contributed by atoms with Gasteiger partial charge in [0.2, 0.25) is 0 Å². The molecule has 0 bridgehead atoms. The van der Waals surface area contributed by atoms with Gasteiger partial charge in [0.25, 0.3) is 5.91 Å². The van der Waals surface area contributed by atoms with Gasteiger partial charge in [-0.05, 0) is 74.6 Å². The molecule has 1 N–H and O–H groups in total. The number of methoxy groups -OCH3 is 1. The number of aromatic nitrogens is 3. The van der Waals surface area contributed by atoms with Crippen LogP contribution < -0.4 is 14.8 Å². The van der Waals surface area contributed by atoms with E-state index in [1.54, 1.807) is 25.1 Å². The van der Waals surface area contributed by atoms with E-state index in [4.69, 9.17) is 9.47 Å². The van der Waals surface area contributed by atoms with Gasteiger partial charge in [-0.15, -0.1) is 5.10 Å². The molecular formula is C24H24F4N4O3. The van der Waals surface area contributed by atoms with Gasteiger partial charge in [0, 0.05) is 0 Å². The summed E-state index contributed by atoms with van der Waals surface area (Å²) >= 11 is 0. The van der Waals surface area contributed by atoms with E-state index in [1.165, 1.54) is 7.11 Å². The van der Waals surface area contributed by atoms with E-state index in [1.807, 2.05) is 0 Å². The van der Waals surface area contributed by atoms with Crippen molar-refractivity contribution in [3.05, 3.63) is 65.2 Å². The molecule has 1 heterocycles. The Morgan fingerprint density at radius 1 is 1.11 bits per heavy atom. The lowest BCUT2D eigenvalue weighted by atomic mass is 10.1. The number of amides is 1. The molecule has 7 nitrogen and oxygen atoms in total. The fourth-order valence-electron chi connectivity index (χ4n) is 4.04. The topological polar surface area (TPSA) is 78.3 Å². The lowest BCUT2D eigenvalue weighted by Gasteiger charge is -2.19. The number of ether oxygens (including phenoxy) is 2. The highest BCUT2D eigenvalue weighted by Gasteiger charge is 2.42. The fraction of sp³-hybridized carbons (Fsp3) is 0.375. The van der Waals surface area contributed by atoms with E-state index in [-0.39, 0.29) is 11.8 Å². The molecule has 1 unspecified atom stereocenters. The van der Waals surface area contributed by atoms with Crippen molar-refractivity contribution in [2.45, 2.75) is 50.9 Å². The van der Waals surface area contributed by atoms with E-state index in [0.717, 1.165) is 49.9 Å². The normalized spacial score (nSPS) is 15.1. The number of hydrogen-bond donors (Lipinski definition) is 1. The summed E-state index contributed by atoms with van der Waals surface area (Å²) in [6.07, 6.45) is -0.651.